The van der Waals surface area contributed by atoms with Gasteiger partial charge in [-0.05, 0) is 64.2 Å². The molecular weight excluding hydrogens is 1030 g/mol. The van der Waals surface area contributed by atoms with Crippen LogP contribution < -0.4 is 5.11 Å². The summed E-state index contributed by atoms with van der Waals surface area (Å²) in [7, 11) is 5.94. The maximum absolute atomic E-state index is 12.9. The summed E-state index contributed by atoms with van der Waals surface area (Å²) >= 11 is 0. The molecule has 0 heterocycles. The fourth-order valence-corrected chi connectivity index (χ4v) is 10.1. The number of carbonyl (C=O) groups is 3. The van der Waals surface area contributed by atoms with Gasteiger partial charge in [-0.3, -0.25) is 9.59 Å². The minimum atomic E-state index is -1.62. The van der Waals surface area contributed by atoms with Gasteiger partial charge in [0.25, 0.3) is 0 Å². The molecule has 2 unspecified atom stereocenters. The minimum absolute atomic E-state index is 0.149. The number of quaternary nitrogens is 1. The number of esters is 2. The molecule has 0 saturated carbocycles. The molecule has 0 aliphatic rings. The molecule has 0 fully saturated rings. The molecule has 9 nitrogen and oxygen atoms in total. The van der Waals surface area contributed by atoms with E-state index in [1.54, 1.807) is 0 Å². The lowest BCUT2D eigenvalue weighted by Crippen LogP contribution is -2.44. The Balaban J connectivity index is 4.01. The lowest BCUT2D eigenvalue weighted by atomic mass is 10.0. The van der Waals surface area contributed by atoms with Gasteiger partial charge in [0.1, 0.15) is 13.2 Å². The first-order valence-corrected chi connectivity index (χ1v) is 35.1. The first-order valence-electron chi connectivity index (χ1n) is 35.1. The summed E-state index contributed by atoms with van der Waals surface area (Å²) < 4.78 is 22.8. The van der Waals surface area contributed by atoms with E-state index in [0.717, 1.165) is 70.6 Å². The van der Waals surface area contributed by atoms with E-state index in [0.29, 0.717) is 23.9 Å². The number of carboxylic acids is 1. The molecule has 9 heteroatoms. The fourth-order valence-electron chi connectivity index (χ4n) is 10.1. The standard InChI is InChI=1S/C74H133NO8/c1-6-8-10-12-14-16-18-20-22-24-26-27-28-29-30-31-32-33-34-35-36-37-38-39-40-41-42-43-44-45-47-49-51-53-55-57-59-61-63-65-72(77)83-70(69-82-74(73(78)79)80-67-66-75(3,4)5)68-81-71(76)64-62-60-58-56-54-52-50-48-46-25-23-21-19-17-15-13-11-9-7-2/h8,10,14,16,20,22,26-27,29-30,32-33,70,74H,6-7,9,11-13,15,17-19,21,23-25,28,31,34-69H2,1-5H3/b10-8-,16-14-,22-20-,27-26-,30-29-,33-32-. The number of hydrogen-bond acceptors (Lipinski definition) is 8. The van der Waals surface area contributed by atoms with Crippen molar-refractivity contribution in [2.24, 2.45) is 0 Å². The molecule has 0 N–H and O–H groups in total. The van der Waals surface area contributed by atoms with E-state index in [2.05, 4.69) is 86.8 Å². The summed E-state index contributed by atoms with van der Waals surface area (Å²) in [6.07, 6.45) is 82.8. The fraction of sp³-hybridized carbons (Fsp3) is 0.797. The van der Waals surface area contributed by atoms with Crippen LogP contribution in [-0.4, -0.2) is 82.3 Å². The Hall–Kier alpha value is -3.27. The molecule has 2 atom stereocenters. The molecule has 0 radical (unpaired) electrons. The molecule has 0 amide bonds. The van der Waals surface area contributed by atoms with Crippen LogP contribution in [0.5, 0.6) is 0 Å². The highest BCUT2D eigenvalue weighted by Gasteiger charge is 2.22. The summed E-state index contributed by atoms with van der Waals surface area (Å²) in [5.74, 6) is -2.26. The number of carbonyl (C=O) groups excluding carboxylic acids is 3. The SMILES string of the molecule is CC/C=C\C/C=C\C/C=C\C/C=C\C/C=C\C/C=C\CCCCCCCCCCCCCCCCCCCCCCC(=O)OC(COC(=O)CCCCCCCCCCCCCCCCCCCCC)COC(OCC[N+](C)(C)C)C(=O)[O-]. The topological polar surface area (TPSA) is 111 Å². The number of ether oxygens (including phenoxy) is 4. The number of rotatable bonds is 65. The van der Waals surface area contributed by atoms with Crippen molar-refractivity contribution in [3.8, 4) is 0 Å². The summed E-state index contributed by atoms with van der Waals surface area (Å²) in [5, 5.41) is 11.8. The summed E-state index contributed by atoms with van der Waals surface area (Å²) in [5.41, 5.74) is 0. The van der Waals surface area contributed by atoms with Crippen molar-refractivity contribution < 1.29 is 42.9 Å². The molecule has 0 bridgehead atoms. The van der Waals surface area contributed by atoms with Gasteiger partial charge in [-0.15, -0.1) is 0 Å². The zero-order valence-electron chi connectivity index (χ0n) is 55.1. The van der Waals surface area contributed by atoms with Gasteiger partial charge in [0.2, 0.25) is 0 Å². The highest BCUT2D eigenvalue weighted by molar-refractivity contribution is 5.70. The number of unbranched alkanes of at least 4 members (excludes halogenated alkanes) is 38. The maximum atomic E-state index is 12.9. The molecule has 83 heavy (non-hydrogen) atoms. The van der Waals surface area contributed by atoms with E-state index < -0.39 is 24.3 Å². The lowest BCUT2D eigenvalue weighted by molar-refractivity contribution is -0.870. The first kappa shape index (κ1) is 79.7. The van der Waals surface area contributed by atoms with Crippen LogP contribution in [0, 0.1) is 0 Å². The average Bonchev–Trinajstić information content (AvgIpc) is 3.46. The van der Waals surface area contributed by atoms with E-state index in [1.807, 2.05) is 21.1 Å². The highest BCUT2D eigenvalue weighted by Crippen LogP contribution is 2.18. The Kier molecular flexibility index (Phi) is 62.2. The van der Waals surface area contributed by atoms with Gasteiger partial charge in [0.15, 0.2) is 12.4 Å². The molecule has 0 aromatic heterocycles. The van der Waals surface area contributed by atoms with Crippen LogP contribution >= 0.6 is 0 Å². The van der Waals surface area contributed by atoms with Gasteiger partial charge < -0.3 is 33.3 Å². The van der Waals surface area contributed by atoms with Crippen LogP contribution in [0.2, 0.25) is 0 Å². The third kappa shape index (κ3) is 66.1. The van der Waals surface area contributed by atoms with E-state index in [9.17, 15) is 19.5 Å². The van der Waals surface area contributed by atoms with Crippen LogP contribution in [0.4, 0.5) is 0 Å². The Labute approximate surface area is 513 Å². The molecule has 0 aliphatic carbocycles. The van der Waals surface area contributed by atoms with Crippen molar-refractivity contribution in [3.63, 3.8) is 0 Å². The predicted molar refractivity (Wildman–Crippen MR) is 352 cm³/mol. The van der Waals surface area contributed by atoms with Gasteiger partial charge >= 0.3 is 11.9 Å². The molecule has 0 aromatic rings. The van der Waals surface area contributed by atoms with E-state index >= 15 is 0 Å². The Morgan fingerprint density at radius 2 is 0.687 bits per heavy atom. The molecular formula is C74H133NO8. The number of hydrogen-bond donors (Lipinski definition) is 0. The van der Waals surface area contributed by atoms with Crippen molar-refractivity contribution in [2.75, 3.05) is 47.5 Å². The van der Waals surface area contributed by atoms with Crippen molar-refractivity contribution in [1.82, 2.24) is 0 Å². The van der Waals surface area contributed by atoms with Crippen LogP contribution in [-0.2, 0) is 33.3 Å². The molecule has 0 aromatic carbocycles. The molecule has 0 rings (SSSR count). The van der Waals surface area contributed by atoms with Crippen molar-refractivity contribution in [2.45, 2.75) is 334 Å². The van der Waals surface area contributed by atoms with E-state index in [1.165, 1.54) is 218 Å². The normalized spacial score (nSPS) is 13.1. The third-order valence-electron chi connectivity index (χ3n) is 15.5. The van der Waals surface area contributed by atoms with E-state index in [4.69, 9.17) is 18.9 Å². The van der Waals surface area contributed by atoms with Crippen LogP contribution in [0.1, 0.15) is 322 Å². The van der Waals surface area contributed by atoms with Crippen molar-refractivity contribution >= 4 is 17.9 Å². The van der Waals surface area contributed by atoms with Crippen LogP contribution in [0.3, 0.4) is 0 Å². The minimum Gasteiger partial charge on any atom is -0.545 e. The summed E-state index contributed by atoms with van der Waals surface area (Å²) in [4.78, 5) is 37.4. The Bertz CT molecular complexity index is 1590. The number of allylic oxidation sites excluding steroid dienone is 12. The number of aliphatic carboxylic acids is 1. The number of likely N-dealkylation sites (N-methyl/N-ethyl adjacent to an activating group) is 1. The maximum Gasteiger partial charge on any atom is 0.306 e. The number of nitrogens with zero attached hydrogens (tertiary/aromatic N) is 1. The second-order valence-corrected chi connectivity index (χ2v) is 24.8. The zero-order valence-corrected chi connectivity index (χ0v) is 55.1. The molecule has 0 saturated heterocycles. The highest BCUT2D eigenvalue weighted by atomic mass is 16.7. The quantitative estimate of drug-likeness (QED) is 0.0195. The average molecular weight is 1160 g/mol. The molecule has 0 spiro atoms. The molecule has 0 aliphatic heterocycles. The zero-order chi connectivity index (χ0) is 60.5. The second-order valence-electron chi connectivity index (χ2n) is 24.8. The second kappa shape index (κ2) is 64.7. The van der Waals surface area contributed by atoms with Gasteiger partial charge in [-0.25, -0.2) is 0 Å². The Morgan fingerprint density at radius 3 is 1.02 bits per heavy atom. The predicted octanol–water partition coefficient (Wildman–Crippen LogP) is 20.4. The Morgan fingerprint density at radius 1 is 0.373 bits per heavy atom. The lowest BCUT2D eigenvalue weighted by Gasteiger charge is -2.26. The van der Waals surface area contributed by atoms with Gasteiger partial charge in [0.05, 0.1) is 40.3 Å². The smallest absolute Gasteiger partial charge is 0.306 e. The third-order valence-corrected chi connectivity index (χ3v) is 15.5. The monoisotopic (exact) mass is 1160 g/mol. The van der Waals surface area contributed by atoms with Crippen molar-refractivity contribution in [1.29, 1.82) is 0 Å². The van der Waals surface area contributed by atoms with Crippen LogP contribution in [0.15, 0.2) is 72.9 Å². The van der Waals surface area contributed by atoms with Crippen molar-refractivity contribution in [3.05, 3.63) is 72.9 Å². The largest absolute Gasteiger partial charge is 0.545 e. The van der Waals surface area contributed by atoms with E-state index in [-0.39, 0.29) is 32.2 Å². The number of carboxylic acid groups (broad SMARTS) is 1. The van der Waals surface area contributed by atoms with Gasteiger partial charge in [0, 0.05) is 12.8 Å². The summed E-state index contributed by atoms with van der Waals surface area (Å²) in [6, 6.07) is 0. The van der Waals surface area contributed by atoms with Gasteiger partial charge in [-0.1, -0.05) is 318 Å². The van der Waals surface area contributed by atoms with Crippen LogP contribution in [0.25, 0.3) is 0 Å². The molecule has 482 valence electrons. The first-order chi connectivity index (χ1) is 40.6. The van der Waals surface area contributed by atoms with Gasteiger partial charge in [-0.2, -0.15) is 0 Å². The summed E-state index contributed by atoms with van der Waals surface area (Å²) in [6.45, 7) is 4.68.